The summed E-state index contributed by atoms with van der Waals surface area (Å²) in [6.45, 7) is 0. The quantitative estimate of drug-likeness (QED) is 0.557. The molecule has 1 heterocycles. The van der Waals surface area contributed by atoms with Crippen LogP contribution < -0.4 is 0 Å². The number of rotatable bonds is 5. The monoisotopic (exact) mass is 435 g/mol. The number of hydrogen-bond acceptors (Lipinski definition) is 1. The van der Waals surface area contributed by atoms with Crippen LogP contribution in [0.1, 0.15) is 11.3 Å². The second kappa shape index (κ2) is 7.26. The average molecular weight is 438 g/mol. The first-order valence-corrected chi connectivity index (χ1v) is 8.73. The van der Waals surface area contributed by atoms with Crippen LogP contribution in [0.5, 0.6) is 0 Å². The number of alkyl halides is 2. The van der Waals surface area contributed by atoms with E-state index in [-0.39, 0.29) is 5.41 Å². The summed E-state index contributed by atoms with van der Waals surface area (Å²) in [5.41, 5.74) is 1.82. The van der Waals surface area contributed by atoms with Crippen molar-refractivity contribution in [2.45, 2.75) is 11.8 Å². The summed E-state index contributed by atoms with van der Waals surface area (Å²) < 4.78 is 2.01. The van der Waals surface area contributed by atoms with Crippen molar-refractivity contribution in [3.8, 4) is 0 Å². The van der Waals surface area contributed by atoms with Crippen LogP contribution in [0, 0.1) is 0 Å². The lowest BCUT2D eigenvalue weighted by Crippen LogP contribution is -2.33. The molecule has 1 aromatic carbocycles. The molecule has 0 spiro atoms. The molecule has 0 N–H and O–H groups in total. The fraction of sp³-hybridized carbons (Fsp3) is 0.267. The molecule has 0 aliphatic heterocycles. The van der Waals surface area contributed by atoms with E-state index in [1.165, 1.54) is 0 Å². The van der Waals surface area contributed by atoms with Gasteiger partial charge in [0, 0.05) is 44.4 Å². The minimum absolute atomic E-state index is 0.301. The van der Waals surface area contributed by atoms with E-state index in [1.54, 1.807) is 6.20 Å². The molecule has 1 aromatic heterocycles. The Labute approximate surface area is 146 Å². The first kappa shape index (κ1) is 16.3. The van der Waals surface area contributed by atoms with Crippen LogP contribution in [-0.2, 0) is 11.8 Å². The molecule has 0 bridgehead atoms. The van der Waals surface area contributed by atoms with E-state index < -0.39 is 0 Å². The molecule has 0 saturated carbocycles. The van der Waals surface area contributed by atoms with E-state index in [1.807, 2.05) is 24.3 Å². The molecule has 2 aromatic rings. The SMILES string of the molecule is ClCC(CCl)(Cc1ccc(Br)cn1)c1ccc(Br)cc1. The Morgan fingerprint density at radius 3 is 2.00 bits per heavy atom. The van der Waals surface area contributed by atoms with Crippen LogP contribution in [0.3, 0.4) is 0 Å². The molecule has 106 valence electrons. The minimum atomic E-state index is -0.301. The Morgan fingerprint density at radius 1 is 0.900 bits per heavy atom. The Bertz CT molecular complexity index is 551. The number of pyridine rings is 1. The average Bonchev–Trinajstić information content (AvgIpc) is 2.48. The van der Waals surface area contributed by atoms with E-state index >= 15 is 0 Å². The van der Waals surface area contributed by atoms with Crippen LogP contribution >= 0.6 is 55.1 Å². The maximum atomic E-state index is 6.25. The molecule has 0 aliphatic carbocycles. The van der Waals surface area contributed by atoms with Crippen molar-refractivity contribution in [1.82, 2.24) is 4.98 Å². The van der Waals surface area contributed by atoms with Gasteiger partial charge in [0.1, 0.15) is 0 Å². The summed E-state index contributed by atoms with van der Waals surface area (Å²) in [7, 11) is 0. The summed E-state index contributed by atoms with van der Waals surface area (Å²) in [6.07, 6.45) is 2.51. The van der Waals surface area contributed by atoms with Gasteiger partial charge in [0.2, 0.25) is 0 Å². The van der Waals surface area contributed by atoms with Crippen molar-refractivity contribution in [1.29, 1.82) is 0 Å². The minimum Gasteiger partial charge on any atom is -0.260 e. The van der Waals surface area contributed by atoms with Crippen molar-refractivity contribution in [3.05, 3.63) is 62.8 Å². The summed E-state index contributed by atoms with van der Waals surface area (Å²) in [5.74, 6) is 0.908. The molecular weight excluding hydrogens is 425 g/mol. The lowest BCUT2D eigenvalue weighted by Gasteiger charge is -2.30. The standard InChI is InChI=1S/C15H13Br2Cl2N/c16-12-3-1-11(2-4-12)15(9-18,10-19)7-14-6-5-13(17)8-20-14/h1-6,8H,7,9-10H2. The Balaban J connectivity index is 2.33. The highest BCUT2D eigenvalue weighted by Crippen LogP contribution is 2.32. The third-order valence-electron chi connectivity index (χ3n) is 3.28. The van der Waals surface area contributed by atoms with E-state index in [0.29, 0.717) is 11.8 Å². The van der Waals surface area contributed by atoms with Crippen LogP contribution in [0.25, 0.3) is 0 Å². The predicted molar refractivity (Wildman–Crippen MR) is 92.9 cm³/mol. The molecule has 0 radical (unpaired) electrons. The lowest BCUT2D eigenvalue weighted by atomic mass is 9.80. The predicted octanol–water partition coefficient (Wildman–Crippen LogP) is 5.56. The molecular formula is C15H13Br2Cl2N. The molecule has 0 aliphatic rings. The topological polar surface area (TPSA) is 12.9 Å². The zero-order valence-corrected chi connectivity index (χ0v) is 15.3. The normalized spacial score (nSPS) is 11.6. The zero-order valence-electron chi connectivity index (χ0n) is 10.6. The molecule has 5 heteroatoms. The van der Waals surface area contributed by atoms with E-state index in [0.717, 1.165) is 26.6 Å². The molecule has 0 atom stereocenters. The third kappa shape index (κ3) is 3.76. The van der Waals surface area contributed by atoms with Gasteiger partial charge in [-0.15, -0.1) is 23.2 Å². The number of benzene rings is 1. The number of hydrogen-bond donors (Lipinski definition) is 0. The highest BCUT2D eigenvalue weighted by Gasteiger charge is 2.31. The van der Waals surface area contributed by atoms with Crippen LogP contribution in [0.2, 0.25) is 0 Å². The smallest absolute Gasteiger partial charge is 0.0414 e. The summed E-state index contributed by atoms with van der Waals surface area (Å²) in [5, 5.41) is 0. The van der Waals surface area contributed by atoms with E-state index in [4.69, 9.17) is 23.2 Å². The van der Waals surface area contributed by atoms with Crippen molar-refractivity contribution < 1.29 is 0 Å². The van der Waals surface area contributed by atoms with E-state index in [9.17, 15) is 0 Å². The number of halogens is 4. The summed E-state index contributed by atoms with van der Waals surface area (Å²) in [4.78, 5) is 4.43. The molecule has 1 nitrogen and oxygen atoms in total. The zero-order chi connectivity index (χ0) is 14.6. The van der Waals surface area contributed by atoms with Gasteiger partial charge in [-0.3, -0.25) is 4.98 Å². The number of nitrogens with zero attached hydrogens (tertiary/aromatic N) is 1. The van der Waals surface area contributed by atoms with Gasteiger partial charge in [-0.1, -0.05) is 28.1 Å². The fourth-order valence-corrected chi connectivity index (χ4v) is 3.33. The largest absolute Gasteiger partial charge is 0.260 e. The van der Waals surface area contributed by atoms with Gasteiger partial charge >= 0.3 is 0 Å². The molecule has 0 unspecified atom stereocenters. The van der Waals surface area contributed by atoms with Gasteiger partial charge in [-0.25, -0.2) is 0 Å². The lowest BCUT2D eigenvalue weighted by molar-refractivity contribution is 0.528. The molecule has 20 heavy (non-hydrogen) atoms. The third-order valence-corrected chi connectivity index (χ3v) is 5.30. The maximum absolute atomic E-state index is 6.25. The van der Waals surface area contributed by atoms with Gasteiger partial charge in [0.15, 0.2) is 0 Å². The van der Waals surface area contributed by atoms with Gasteiger partial charge < -0.3 is 0 Å². The van der Waals surface area contributed by atoms with Gasteiger partial charge in [-0.2, -0.15) is 0 Å². The molecule has 0 amide bonds. The summed E-state index contributed by atoms with van der Waals surface area (Å²) in [6, 6.07) is 12.1. The number of aromatic nitrogens is 1. The van der Waals surface area contributed by atoms with E-state index in [2.05, 4.69) is 49.0 Å². The molecule has 0 saturated heterocycles. The molecule has 2 rings (SSSR count). The Hall–Kier alpha value is -0.0900. The summed E-state index contributed by atoms with van der Waals surface area (Å²) >= 11 is 19.3. The van der Waals surface area contributed by atoms with Crippen LogP contribution in [0.4, 0.5) is 0 Å². The van der Waals surface area contributed by atoms with Crippen molar-refractivity contribution in [3.63, 3.8) is 0 Å². The second-order valence-electron chi connectivity index (χ2n) is 4.70. The van der Waals surface area contributed by atoms with Crippen molar-refractivity contribution in [2.24, 2.45) is 0 Å². The van der Waals surface area contributed by atoms with Crippen LogP contribution in [0.15, 0.2) is 51.5 Å². The Morgan fingerprint density at radius 2 is 1.50 bits per heavy atom. The first-order valence-electron chi connectivity index (χ1n) is 6.08. The van der Waals surface area contributed by atoms with Gasteiger partial charge in [-0.05, 0) is 45.8 Å². The maximum Gasteiger partial charge on any atom is 0.0414 e. The van der Waals surface area contributed by atoms with Crippen molar-refractivity contribution in [2.75, 3.05) is 11.8 Å². The van der Waals surface area contributed by atoms with Crippen molar-refractivity contribution >= 4 is 55.1 Å². The first-order chi connectivity index (χ1) is 9.59. The second-order valence-corrected chi connectivity index (χ2v) is 7.06. The highest BCUT2D eigenvalue weighted by atomic mass is 79.9. The molecule has 0 fully saturated rings. The van der Waals surface area contributed by atoms with Gasteiger partial charge in [0.25, 0.3) is 0 Å². The highest BCUT2D eigenvalue weighted by molar-refractivity contribution is 9.10. The van der Waals surface area contributed by atoms with Crippen LogP contribution in [-0.4, -0.2) is 16.7 Å². The fourth-order valence-electron chi connectivity index (χ4n) is 2.05. The van der Waals surface area contributed by atoms with Gasteiger partial charge in [0.05, 0.1) is 0 Å². The Kier molecular flexibility index (Phi) is 5.91.